The Bertz CT molecular complexity index is 470. The predicted octanol–water partition coefficient (Wildman–Crippen LogP) is 2.22. The minimum absolute atomic E-state index is 0.229. The molecule has 1 aliphatic carbocycles. The van der Waals surface area contributed by atoms with E-state index in [2.05, 4.69) is 16.7 Å². The molecule has 1 heterocycles. The lowest BCUT2D eigenvalue weighted by Gasteiger charge is -2.15. The summed E-state index contributed by atoms with van der Waals surface area (Å²) in [6, 6.07) is 0. The van der Waals surface area contributed by atoms with Crippen LogP contribution in [-0.2, 0) is 6.54 Å². The number of nitrogens with one attached hydrogen (secondary N) is 1. The third kappa shape index (κ3) is 2.60. The summed E-state index contributed by atoms with van der Waals surface area (Å²) in [7, 11) is 0. The summed E-state index contributed by atoms with van der Waals surface area (Å²) in [5.74, 6) is 0. The summed E-state index contributed by atoms with van der Waals surface area (Å²) in [6.07, 6.45) is 6.18. The molecule has 0 amide bonds. The molecule has 1 aromatic rings. The van der Waals surface area contributed by atoms with Crippen LogP contribution in [0.2, 0.25) is 5.02 Å². The topological polar surface area (TPSA) is 46.9 Å². The van der Waals surface area contributed by atoms with E-state index in [1.54, 1.807) is 6.20 Å². The highest BCUT2D eigenvalue weighted by molar-refractivity contribution is 8.00. The van der Waals surface area contributed by atoms with Crippen molar-refractivity contribution >= 4 is 29.1 Å². The molecule has 94 valence electrons. The second-order valence-corrected chi connectivity index (χ2v) is 5.89. The van der Waals surface area contributed by atoms with E-state index in [4.69, 9.17) is 11.6 Å². The smallest absolute Gasteiger partial charge is 0.287 e. The van der Waals surface area contributed by atoms with Crippen molar-refractivity contribution in [3.05, 3.63) is 21.6 Å². The molecule has 1 N–H and O–H groups in total. The summed E-state index contributed by atoms with van der Waals surface area (Å²) >= 11 is 7.89. The second-order valence-electron chi connectivity index (χ2n) is 4.23. The predicted molar refractivity (Wildman–Crippen MR) is 73.2 cm³/mol. The van der Waals surface area contributed by atoms with Gasteiger partial charge in [0.1, 0.15) is 5.02 Å². The number of rotatable bonds is 5. The van der Waals surface area contributed by atoms with E-state index < -0.39 is 0 Å². The first-order valence-electron chi connectivity index (χ1n) is 5.66. The minimum Gasteiger partial charge on any atom is -0.381 e. The quantitative estimate of drug-likeness (QED) is 0.894. The molecule has 0 saturated heterocycles. The second kappa shape index (κ2) is 4.90. The van der Waals surface area contributed by atoms with Gasteiger partial charge in [-0.05, 0) is 26.0 Å². The average Bonchev–Trinajstić information content (AvgIpc) is 3.12. The number of anilines is 1. The Labute approximate surface area is 110 Å². The van der Waals surface area contributed by atoms with Crippen LogP contribution >= 0.6 is 23.4 Å². The lowest BCUT2D eigenvalue weighted by atomic mass is 10.3. The van der Waals surface area contributed by atoms with Crippen LogP contribution in [0.3, 0.4) is 0 Å². The summed E-state index contributed by atoms with van der Waals surface area (Å²) in [5, 5.41) is 7.52. The molecular formula is C11H16ClN3OS. The molecule has 1 aliphatic rings. The van der Waals surface area contributed by atoms with Gasteiger partial charge in [-0.3, -0.25) is 4.79 Å². The summed E-state index contributed by atoms with van der Waals surface area (Å²) in [5.41, 5.74) is 0.412. The van der Waals surface area contributed by atoms with Gasteiger partial charge in [0, 0.05) is 17.8 Å². The lowest BCUT2D eigenvalue weighted by molar-refractivity contribution is 0.616. The molecule has 0 radical (unpaired) electrons. The Morgan fingerprint density at radius 3 is 2.88 bits per heavy atom. The Morgan fingerprint density at radius 1 is 1.65 bits per heavy atom. The van der Waals surface area contributed by atoms with Crippen LogP contribution in [0.25, 0.3) is 0 Å². The molecule has 1 fully saturated rings. The molecule has 4 nitrogen and oxygen atoms in total. The molecule has 1 aromatic heterocycles. The fourth-order valence-electron chi connectivity index (χ4n) is 1.66. The van der Waals surface area contributed by atoms with E-state index in [1.807, 2.05) is 18.7 Å². The van der Waals surface area contributed by atoms with Gasteiger partial charge in [0.2, 0.25) is 0 Å². The van der Waals surface area contributed by atoms with E-state index in [0.717, 1.165) is 6.54 Å². The number of halogens is 1. The lowest BCUT2D eigenvalue weighted by Crippen LogP contribution is -2.25. The van der Waals surface area contributed by atoms with Crippen molar-refractivity contribution in [2.75, 3.05) is 18.1 Å². The first-order chi connectivity index (χ1) is 8.12. The molecule has 0 aromatic carbocycles. The molecule has 1 saturated carbocycles. The monoisotopic (exact) mass is 273 g/mol. The van der Waals surface area contributed by atoms with Crippen LogP contribution in [0.1, 0.15) is 19.8 Å². The van der Waals surface area contributed by atoms with Crippen LogP contribution in [0, 0.1) is 0 Å². The van der Waals surface area contributed by atoms with Gasteiger partial charge in [-0.1, -0.05) is 11.6 Å². The van der Waals surface area contributed by atoms with E-state index >= 15 is 0 Å². The average molecular weight is 274 g/mol. The maximum Gasteiger partial charge on any atom is 0.287 e. The van der Waals surface area contributed by atoms with Crippen LogP contribution in [0.15, 0.2) is 11.0 Å². The number of nitrogens with zero attached hydrogens (tertiary/aromatic N) is 2. The maximum atomic E-state index is 11.8. The number of hydrogen-bond acceptors (Lipinski definition) is 4. The molecule has 17 heavy (non-hydrogen) atoms. The third-order valence-corrected chi connectivity index (χ3v) is 4.91. The molecule has 0 bridgehead atoms. The van der Waals surface area contributed by atoms with Crippen LogP contribution < -0.4 is 10.9 Å². The molecule has 0 atom stereocenters. The standard InChI is InChI=1S/C11H16ClN3OS/c1-3-15-10(16)9(12)8(6-14-15)13-7-11(17-2)4-5-11/h6,13H,3-5,7H2,1-2H3. The van der Waals surface area contributed by atoms with Crippen molar-refractivity contribution in [3.8, 4) is 0 Å². The van der Waals surface area contributed by atoms with Crippen LogP contribution in [-0.4, -0.2) is 27.3 Å². The fraction of sp³-hybridized carbons (Fsp3) is 0.636. The SMILES string of the molecule is CCn1ncc(NCC2(SC)CC2)c(Cl)c1=O. The minimum atomic E-state index is -0.229. The van der Waals surface area contributed by atoms with Gasteiger partial charge in [0.15, 0.2) is 0 Å². The molecule has 0 unspecified atom stereocenters. The van der Waals surface area contributed by atoms with Gasteiger partial charge in [0.25, 0.3) is 5.56 Å². The van der Waals surface area contributed by atoms with Crippen molar-refractivity contribution in [2.24, 2.45) is 0 Å². The normalized spacial score (nSPS) is 16.9. The number of aryl methyl sites for hydroxylation is 1. The van der Waals surface area contributed by atoms with Gasteiger partial charge in [-0.2, -0.15) is 16.9 Å². The highest BCUT2D eigenvalue weighted by Crippen LogP contribution is 2.47. The first-order valence-corrected chi connectivity index (χ1v) is 7.27. The van der Waals surface area contributed by atoms with Gasteiger partial charge < -0.3 is 5.32 Å². The van der Waals surface area contributed by atoms with Crippen LogP contribution in [0.4, 0.5) is 5.69 Å². The number of hydrogen-bond donors (Lipinski definition) is 1. The van der Waals surface area contributed by atoms with E-state index in [0.29, 0.717) is 17.0 Å². The van der Waals surface area contributed by atoms with Gasteiger partial charge in [0.05, 0.1) is 11.9 Å². The summed E-state index contributed by atoms with van der Waals surface area (Å²) in [4.78, 5) is 11.8. The van der Waals surface area contributed by atoms with Crippen LogP contribution in [0.5, 0.6) is 0 Å². The zero-order valence-electron chi connectivity index (χ0n) is 9.99. The van der Waals surface area contributed by atoms with Gasteiger partial charge in [-0.15, -0.1) is 0 Å². The molecule has 0 aliphatic heterocycles. The number of thioether (sulfide) groups is 1. The molecular weight excluding hydrogens is 258 g/mol. The van der Waals surface area contributed by atoms with Crippen molar-refractivity contribution < 1.29 is 0 Å². The highest BCUT2D eigenvalue weighted by Gasteiger charge is 2.41. The summed E-state index contributed by atoms with van der Waals surface area (Å²) in [6.45, 7) is 3.24. The van der Waals surface area contributed by atoms with Gasteiger partial charge >= 0.3 is 0 Å². The van der Waals surface area contributed by atoms with Crippen molar-refractivity contribution in [3.63, 3.8) is 0 Å². The fourth-order valence-corrected chi connectivity index (χ4v) is 2.60. The maximum absolute atomic E-state index is 11.8. The zero-order chi connectivity index (χ0) is 12.5. The molecule has 2 rings (SSSR count). The number of aromatic nitrogens is 2. The highest BCUT2D eigenvalue weighted by atomic mass is 35.5. The largest absolute Gasteiger partial charge is 0.381 e. The van der Waals surface area contributed by atoms with Gasteiger partial charge in [-0.25, -0.2) is 4.68 Å². The van der Waals surface area contributed by atoms with E-state index in [1.165, 1.54) is 17.5 Å². The Balaban J connectivity index is 2.12. The van der Waals surface area contributed by atoms with E-state index in [9.17, 15) is 4.79 Å². The third-order valence-electron chi connectivity index (χ3n) is 3.13. The van der Waals surface area contributed by atoms with E-state index in [-0.39, 0.29) is 10.6 Å². The van der Waals surface area contributed by atoms with Crippen molar-refractivity contribution in [1.29, 1.82) is 0 Å². The first kappa shape index (κ1) is 12.8. The van der Waals surface area contributed by atoms with Crippen molar-refractivity contribution in [2.45, 2.75) is 31.1 Å². The Kier molecular flexibility index (Phi) is 3.68. The zero-order valence-corrected chi connectivity index (χ0v) is 11.6. The van der Waals surface area contributed by atoms with Crippen molar-refractivity contribution in [1.82, 2.24) is 9.78 Å². The summed E-state index contributed by atoms with van der Waals surface area (Å²) < 4.78 is 1.69. The Hall–Kier alpha value is -0.680. The molecule has 6 heteroatoms. The Morgan fingerprint density at radius 2 is 2.35 bits per heavy atom. The molecule has 0 spiro atoms.